The van der Waals surface area contributed by atoms with Crippen molar-refractivity contribution in [3.8, 4) is 5.75 Å². The molecule has 0 atom stereocenters. The van der Waals surface area contributed by atoms with E-state index in [0.717, 1.165) is 0 Å². The SMILES string of the molecule is O=C(O)c1ccc(N=Nc2ccc(S(=O)(=O)Nc3ccccn3)cc2)cc1O. The first-order valence-electron chi connectivity index (χ1n) is 7.87. The lowest BCUT2D eigenvalue weighted by atomic mass is 10.2. The number of rotatable bonds is 6. The van der Waals surface area contributed by atoms with Crippen LogP contribution in [0.5, 0.6) is 5.75 Å². The van der Waals surface area contributed by atoms with Gasteiger partial charge in [-0.15, -0.1) is 0 Å². The van der Waals surface area contributed by atoms with E-state index in [1.54, 1.807) is 12.1 Å². The van der Waals surface area contributed by atoms with Crippen molar-refractivity contribution in [3.05, 3.63) is 72.4 Å². The number of pyridine rings is 1. The van der Waals surface area contributed by atoms with Crippen LogP contribution in [0.2, 0.25) is 0 Å². The number of nitrogens with one attached hydrogen (secondary N) is 1. The van der Waals surface area contributed by atoms with Gasteiger partial charge in [0.05, 0.1) is 16.3 Å². The number of hydrogen-bond donors (Lipinski definition) is 3. The van der Waals surface area contributed by atoms with Gasteiger partial charge >= 0.3 is 5.97 Å². The number of sulfonamides is 1. The van der Waals surface area contributed by atoms with Gasteiger partial charge in [0.15, 0.2) is 0 Å². The number of carbonyl (C=O) groups is 1. The van der Waals surface area contributed by atoms with E-state index in [9.17, 15) is 18.3 Å². The van der Waals surface area contributed by atoms with Gasteiger partial charge in [-0.05, 0) is 48.5 Å². The first-order chi connectivity index (χ1) is 13.3. The van der Waals surface area contributed by atoms with Crippen molar-refractivity contribution in [2.75, 3.05) is 4.72 Å². The number of azo groups is 1. The van der Waals surface area contributed by atoms with Gasteiger partial charge in [0.1, 0.15) is 17.1 Å². The summed E-state index contributed by atoms with van der Waals surface area (Å²) in [6, 6.07) is 14.3. The number of carboxylic acid groups (broad SMARTS) is 1. The summed E-state index contributed by atoms with van der Waals surface area (Å²) in [5.74, 6) is -1.47. The molecule has 3 rings (SSSR count). The van der Waals surface area contributed by atoms with E-state index in [4.69, 9.17) is 5.11 Å². The zero-order valence-corrected chi connectivity index (χ0v) is 15.0. The fourth-order valence-electron chi connectivity index (χ4n) is 2.19. The molecule has 0 fully saturated rings. The van der Waals surface area contributed by atoms with Crippen molar-refractivity contribution >= 4 is 33.2 Å². The van der Waals surface area contributed by atoms with Crippen LogP contribution in [0.1, 0.15) is 10.4 Å². The van der Waals surface area contributed by atoms with Crippen molar-refractivity contribution in [2.45, 2.75) is 4.90 Å². The maximum atomic E-state index is 12.3. The third kappa shape index (κ3) is 4.48. The van der Waals surface area contributed by atoms with E-state index in [0.29, 0.717) is 5.69 Å². The summed E-state index contributed by atoms with van der Waals surface area (Å²) in [6.07, 6.45) is 1.47. The highest BCUT2D eigenvalue weighted by Crippen LogP contribution is 2.26. The molecule has 10 heteroatoms. The summed E-state index contributed by atoms with van der Waals surface area (Å²) in [6.45, 7) is 0. The van der Waals surface area contributed by atoms with Crippen LogP contribution in [0.4, 0.5) is 17.2 Å². The highest BCUT2D eigenvalue weighted by molar-refractivity contribution is 7.92. The molecule has 0 spiro atoms. The molecule has 0 aliphatic heterocycles. The number of benzene rings is 2. The number of aromatic hydroxyl groups is 1. The first kappa shape index (κ1) is 19.0. The third-order valence-corrected chi connectivity index (χ3v) is 4.91. The van der Waals surface area contributed by atoms with Crippen LogP contribution < -0.4 is 4.72 Å². The van der Waals surface area contributed by atoms with Gasteiger partial charge in [-0.3, -0.25) is 4.72 Å². The van der Waals surface area contributed by atoms with Crippen molar-refractivity contribution in [3.63, 3.8) is 0 Å². The minimum Gasteiger partial charge on any atom is -0.507 e. The summed E-state index contributed by atoms with van der Waals surface area (Å²) in [5, 5.41) is 26.4. The van der Waals surface area contributed by atoms with E-state index in [-0.39, 0.29) is 22.0 Å². The van der Waals surface area contributed by atoms with E-state index in [1.807, 2.05) is 0 Å². The second kappa shape index (κ2) is 7.84. The Morgan fingerprint density at radius 1 is 0.964 bits per heavy atom. The smallest absolute Gasteiger partial charge is 0.339 e. The molecule has 0 amide bonds. The molecule has 2 aromatic carbocycles. The maximum absolute atomic E-state index is 12.3. The van der Waals surface area contributed by atoms with Crippen molar-refractivity contribution in [2.24, 2.45) is 10.2 Å². The number of aromatic carboxylic acids is 1. The summed E-state index contributed by atoms with van der Waals surface area (Å²) in [7, 11) is -3.79. The molecule has 142 valence electrons. The number of anilines is 1. The molecule has 0 aliphatic rings. The monoisotopic (exact) mass is 398 g/mol. The summed E-state index contributed by atoms with van der Waals surface area (Å²) < 4.78 is 27.0. The van der Waals surface area contributed by atoms with Crippen molar-refractivity contribution < 1.29 is 23.4 Å². The molecule has 0 saturated carbocycles. The molecule has 1 aromatic heterocycles. The predicted molar refractivity (Wildman–Crippen MR) is 101 cm³/mol. The van der Waals surface area contributed by atoms with Gasteiger partial charge in [0.25, 0.3) is 10.0 Å². The molecule has 28 heavy (non-hydrogen) atoms. The molecular formula is C18H14N4O5S. The van der Waals surface area contributed by atoms with E-state index < -0.39 is 21.7 Å². The lowest BCUT2D eigenvalue weighted by Crippen LogP contribution is -2.13. The average Bonchev–Trinajstić information content (AvgIpc) is 2.67. The number of phenols is 1. The molecule has 0 bridgehead atoms. The normalized spacial score (nSPS) is 11.4. The van der Waals surface area contributed by atoms with Crippen LogP contribution in [-0.2, 0) is 10.0 Å². The lowest BCUT2D eigenvalue weighted by molar-refractivity contribution is 0.0693. The van der Waals surface area contributed by atoms with Crippen molar-refractivity contribution in [1.82, 2.24) is 4.98 Å². The Labute approximate surface area is 160 Å². The predicted octanol–water partition coefficient (Wildman–Crippen LogP) is 3.70. The quantitative estimate of drug-likeness (QED) is 0.541. The largest absolute Gasteiger partial charge is 0.507 e. The number of hydrogen-bond acceptors (Lipinski definition) is 7. The summed E-state index contributed by atoms with van der Waals surface area (Å²) in [4.78, 5) is 14.8. The average molecular weight is 398 g/mol. The van der Waals surface area contributed by atoms with E-state index in [2.05, 4.69) is 19.9 Å². The second-order valence-corrected chi connectivity index (χ2v) is 7.20. The molecular weight excluding hydrogens is 384 g/mol. The van der Waals surface area contributed by atoms with Gasteiger partial charge < -0.3 is 10.2 Å². The molecule has 1 heterocycles. The van der Waals surface area contributed by atoms with Gasteiger partial charge in [0, 0.05) is 12.3 Å². The maximum Gasteiger partial charge on any atom is 0.339 e. The highest BCUT2D eigenvalue weighted by atomic mass is 32.2. The molecule has 0 aliphatic carbocycles. The first-order valence-corrected chi connectivity index (χ1v) is 9.35. The standard InChI is InChI=1S/C18H14N4O5S/c23-16-11-13(6-9-15(16)18(24)25)21-20-12-4-7-14(8-5-12)28(26,27)22-17-3-1-2-10-19-17/h1-11,23H,(H,19,22)(H,24,25). The summed E-state index contributed by atoms with van der Waals surface area (Å²) in [5.41, 5.74) is 0.378. The Morgan fingerprint density at radius 3 is 2.25 bits per heavy atom. The fourth-order valence-corrected chi connectivity index (χ4v) is 3.20. The fraction of sp³-hybridized carbons (Fsp3) is 0. The van der Waals surface area contributed by atoms with Crippen LogP contribution in [0.25, 0.3) is 0 Å². The van der Waals surface area contributed by atoms with E-state index in [1.165, 1.54) is 54.7 Å². The van der Waals surface area contributed by atoms with E-state index >= 15 is 0 Å². The highest BCUT2D eigenvalue weighted by Gasteiger charge is 2.14. The third-order valence-electron chi connectivity index (χ3n) is 3.54. The molecule has 9 nitrogen and oxygen atoms in total. The Balaban J connectivity index is 1.75. The van der Waals surface area contributed by atoms with Crippen LogP contribution in [-0.4, -0.2) is 29.6 Å². The molecule has 3 N–H and O–H groups in total. The molecule has 3 aromatic rings. The van der Waals surface area contributed by atoms with Crippen LogP contribution in [0.3, 0.4) is 0 Å². The van der Waals surface area contributed by atoms with Crippen LogP contribution in [0.15, 0.2) is 82.0 Å². The second-order valence-electron chi connectivity index (χ2n) is 5.52. The van der Waals surface area contributed by atoms with Gasteiger partial charge in [0.2, 0.25) is 0 Å². The Kier molecular flexibility index (Phi) is 5.32. The lowest BCUT2D eigenvalue weighted by Gasteiger charge is -2.07. The zero-order chi connectivity index (χ0) is 20.1. The minimum absolute atomic E-state index is 0.0283. The number of nitrogens with zero attached hydrogens (tertiary/aromatic N) is 3. The Bertz CT molecular complexity index is 1130. The van der Waals surface area contributed by atoms with Crippen LogP contribution >= 0.6 is 0 Å². The van der Waals surface area contributed by atoms with Gasteiger partial charge in [-0.1, -0.05) is 6.07 Å². The van der Waals surface area contributed by atoms with Gasteiger partial charge in [-0.25, -0.2) is 18.2 Å². The zero-order valence-electron chi connectivity index (χ0n) is 14.2. The summed E-state index contributed by atoms with van der Waals surface area (Å²) >= 11 is 0. The van der Waals surface area contributed by atoms with Gasteiger partial charge in [-0.2, -0.15) is 10.2 Å². The molecule has 0 saturated heterocycles. The molecule has 0 unspecified atom stereocenters. The van der Waals surface area contributed by atoms with Crippen LogP contribution in [0, 0.1) is 0 Å². The number of aromatic nitrogens is 1. The Morgan fingerprint density at radius 2 is 1.64 bits per heavy atom. The molecule has 0 radical (unpaired) electrons. The minimum atomic E-state index is -3.79. The topological polar surface area (TPSA) is 141 Å². The number of carboxylic acids is 1. The van der Waals surface area contributed by atoms with Crippen molar-refractivity contribution in [1.29, 1.82) is 0 Å². The Hall–Kier alpha value is -3.79.